The molecule has 0 unspecified atom stereocenters. The number of hydrogen-bond donors (Lipinski definition) is 0. The van der Waals surface area contributed by atoms with E-state index < -0.39 is 0 Å². The van der Waals surface area contributed by atoms with Crippen molar-refractivity contribution in [3.8, 4) is 0 Å². The standard InChI is InChI=1S/C15H18ClN/c1-3-12-17(2)13-8-4-5-9-14-10-6-7-11-15(14)16/h3-11H,1,12-13H2,2H3. The molecule has 17 heavy (non-hydrogen) atoms. The van der Waals surface area contributed by atoms with Gasteiger partial charge in [-0.25, -0.2) is 0 Å². The molecule has 2 heteroatoms. The minimum absolute atomic E-state index is 0.779. The van der Waals surface area contributed by atoms with Crippen LogP contribution in [0.5, 0.6) is 0 Å². The Morgan fingerprint density at radius 3 is 2.71 bits per heavy atom. The minimum Gasteiger partial charge on any atom is -0.299 e. The molecule has 1 aromatic carbocycles. The molecule has 0 spiro atoms. The first-order valence-corrected chi connectivity index (χ1v) is 5.99. The molecule has 0 atom stereocenters. The predicted octanol–water partition coefficient (Wildman–Crippen LogP) is 4.03. The summed E-state index contributed by atoms with van der Waals surface area (Å²) in [6.07, 6.45) is 10.0. The summed E-state index contributed by atoms with van der Waals surface area (Å²) in [5, 5.41) is 0.779. The van der Waals surface area contributed by atoms with Crippen LogP contribution in [0, 0.1) is 0 Å². The van der Waals surface area contributed by atoms with E-state index in [0.717, 1.165) is 23.7 Å². The molecule has 1 nitrogen and oxygen atoms in total. The van der Waals surface area contributed by atoms with Crippen molar-refractivity contribution < 1.29 is 0 Å². The van der Waals surface area contributed by atoms with E-state index in [-0.39, 0.29) is 0 Å². The fourth-order valence-electron chi connectivity index (χ4n) is 1.38. The van der Waals surface area contributed by atoms with E-state index in [1.165, 1.54) is 0 Å². The molecule has 0 amide bonds. The summed E-state index contributed by atoms with van der Waals surface area (Å²) in [6.45, 7) is 5.52. The molecule has 0 aliphatic heterocycles. The Morgan fingerprint density at radius 1 is 1.24 bits per heavy atom. The number of likely N-dealkylation sites (N-methyl/N-ethyl adjacent to an activating group) is 1. The summed E-state index contributed by atoms with van der Waals surface area (Å²) in [5.41, 5.74) is 1.04. The number of rotatable bonds is 6. The van der Waals surface area contributed by atoms with Gasteiger partial charge in [0.05, 0.1) is 0 Å². The normalized spacial score (nSPS) is 11.7. The van der Waals surface area contributed by atoms with Gasteiger partial charge in [0.1, 0.15) is 0 Å². The van der Waals surface area contributed by atoms with Crippen molar-refractivity contribution in [1.29, 1.82) is 0 Å². The molecule has 0 saturated heterocycles. The molecule has 0 aliphatic carbocycles. The molecule has 0 aromatic heterocycles. The van der Waals surface area contributed by atoms with E-state index in [1.54, 1.807) is 0 Å². The van der Waals surface area contributed by atoms with E-state index in [1.807, 2.05) is 48.6 Å². The summed E-state index contributed by atoms with van der Waals surface area (Å²) in [5.74, 6) is 0. The monoisotopic (exact) mass is 247 g/mol. The average molecular weight is 248 g/mol. The highest BCUT2D eigenvalue weighted by atomic mass is 35.5. The quantitative estimate of drug-likeness (QED) is 0.542. The highest BCUT2D eigenvalue weighted by molar-refractivity contribution is 6.32. The Kier molecular flexibility index (Phi) is 6.38. The molecule has 0 saturated carbocycles. The van der Waals surface area contributed by atoms with Crippen LogP contribution in [0.3, 0.4) is 0 Å². The van der Waals surface area contributed by atoms with Crippen molar-refractivity contribution in [3.63, 3.8) is 0 Å². The molecule has 0 N–H and O–H groups in total. The third-order valence-electron chi connectivity index (χ3n) is 2.29. The summed E-state index contributed by atoms with van der Waals surface area (Å²) >= 11 is 6.03. The Morgan fingerprint density at radius 2 is 2.00 bits per heavy atom. The zero-order valence-electron chi connectivity index (χ0n) is 10.1. The van der Waals surface area contributed by atoms with Crippen molar-refractivity contribution >= 4 is 17.7 Å². The molecule has 0 bridgehead atoms. The lowest BCUT2D eigenvalue weighted by atomic mass is 10.2. The molecule has 90 valence electrons. The smallest absolute Gasteiger partial charge is 0.0478 e. The van der Waals surface area contributed by atoms with Crippen LogP contribution in [0.25, 0.3) is 6.08 Å². The Hall–Kier alpha value is -1.31. The molecular weight excluding hydrogens is 230 g/mol. The van der Waals surface area contributed by atoms with Gasteiger partial charge < -0.3 is 0 Å². The Bertz CT molecular complexity index is 407. The van der Waals surface area contributed by atoms with E-state index >= 15 is 0 Å². The maximum atomic E-state index is 6.03. The summed E-state index contributed by atoms with van der Waals surface area (Å²) in [7, 11) is 2.06. The molecule has 1 rings (SSSR count). The lowest BCUT2D eigenvalue weighted by Gasteiger charge is -2.09. The molecule has 0 radical (unpaired) electrons. The third kappa shape index (κ3) is 5.53. The van der Waals surface area contributed by atoms with Crippen molar-refractivity contribution in [2.24, 2.45) is 0 Å². The van der Waals surface area contributed by atoms with Crippen molar-refractivity contribution in [3.05, 3.63) is 65.7 Å². The van der Waals surface area contributed by atoms with Gasteiger partial charge in [-0.15, -0.1) is 6.58 Å². The number of allylic oxidation sites excluding steroid dienone is 2. The topological polar surface area (TPSA) is 3.24 Å². The zero-order chi connectivity index (χ0) is 12.5. The van der Waals surface area contributed by atoms with E-state index in [2.05, 4.69) is 24.6 Å². The Balaban J connectivity index is 2.42. The van der Waals surface area contributed by atoms with Gasteiger partial charge in [0.25, 0.3) is 0 Å². The maximum Gasteiger partial charge on any atom is 0.0478 e. The third-order valence-corrected chi connectivity index (χ3v) is 2.63. The van der Waals surface area contributed by atoms with Crippen LogP contribution in [0.15, 0.2) is 55.1 Å². The van der Waals surface area contributed by atoms with Gasteiger partial charge in [-0.3, -0.25) is 4.90 Å². The zero-order valence-corrected chi connectivity index (χ0v) is 10.9. The SMILES string of the molecule is C=CCN(C)CC=CC=Cc1ccccc1Cl. The van der Waals surface area contributed by atoms with Gasteiger partial charge in [-0.2, -0.15) is 0 Å². The molecule has 1 aromatic rings. The molecule has 0 aliphatic rings. The first kappa shape index (κ1) is 13.8. The average Bonchev–Trinajstić information content (AvgIpc) is 2.31. The molecule has 0 heterocycles. The lowest BCUT2D eigenvalue weighted by Crippen LogP contribution is -2.17. The van der Waals surface area contributed by atoms with Crippen molar-refractivity contribution in [2.45, 2.75) is 0 Å². The van der Waals surface area contributed by atoms with E-state index in [4.69, 9.17) is 11.6 Å². The van der Waals surface area contributed by atoms with Crippen LogP contribution in [0.4, 0.5) is 0 Å². The van der Waals surface area contributed by atoms with Gasteiger partial charge >= 0.3 is 0 Å². The van der Waals surface area contributed by atoms with Gasteiger partial charge in [0, 0.05) is 18.1 Å². The van der Waals surface area contributed by atoms with Gasteiger partial charge in [0.15, 0.2) is 0 Å². The minimum atomic E-state index is 0.779. The first-order chi connectivity index (χ1) is 8.24. The second kappa shape index (κ2) is 7.88. The highest BCUT2D eigenvalue weighted by Crippen LogP contribution is 2.16. The van der Waals surface area contributed by atoms with Crippen LogP contribution in [-0.2, 0) is 0 Å². The maximum absolute atomic E-state index is 6.03. The fourth-order valence-corrected chi connectivity index (χ4v) is 1.58. The van der Waals surface area contributed by atoms with Crippen LogP contribution < -0.4 is 0 Å². The summed E-state index contributed by atoms with van der Waals surface area (Å²) < 4.78 is 0. The number of benzene rings is 1. The van der Waals surface area contributed by atoms with Crippen LogP contribution in [0.2, 0.25) is 5.02 Å². The fraction of sp³-hybridized carbons (Fsp3) is 0.200. The predicted molar refractivity (Wildman–Crippen MR) is 77.3 cm³/mol. The first-order valence-electron chi connectivity index (χ1n) is 5.61. The second-order valence-corrected chi connectivity index (χ2v) is 4.23. The van der Waals surface area contributed by atoms with Gasteiger partial charge in [0.2, 0.25) is 0 Å². The van der Waals surface area contributed by atoms with Crippen molar-refractivity contribution in [2.75, 3.05) is 20.1 Å². The summed E-state index contributed by atoms with van der Waals surface area (Å²) in [6, 6.07) is 7.80. The van der Waals surface area contributed by atoms with Crippen LogP contribution in [0.1, 0.15) is 5.56 Å². The lowest BCUT2D eigenvalue weighted by molar-refractivity contribution is 0.413. The number of halogens is 1. The molecular formula is C15H18ClN. The van der Waals surface area contributed by atoms with Crippen LogP contribution in [-0.4, -0.2) is 25.0 Å². The molecule has 0 fully saturated rings. The van der Waals surface area contributed by atoms with E-state index in [9.17, 15) is 0 Å². The second-order valence-electron chi connectivity index (χ2n) is 3.82. The highest BCUT2D eigenvalue weighted by Gasteiger charge is 1.91. The van der Waals surface area contributed by atoms with Gasteiger partial charge in [-0.05, 0) is 18.7 Å². The number of hydrogen-bond acceptors (Lipinski definition) is 1. The van der Waals surface area contributed by atoms with E-state index in [0.29, 0.717) is 0 Å². The van der Waals surface area contributed by atoms with Gasteiger partial charge in [-0.1, -0.05) is 60.2 Å². The van der Waals surface area contributed by atoms with Crippen molar-refractivity contribution in [1.82, 2.24) is 4.90 Å². The number of nitrogens with zero attached hydrogens (tertiary/aromatic N) is 1. The Labute approximate surface area is 109 Å². The van der Waals surface area contributed by atoms with Crippen LogP contribution >= 0.6 is 11.6 Å². The largest absolute Gasteiger partial charge is 0.299 e. The summed E-state index contributed by atoms with van der Waals surface area (Å²) in [4.78, 5) is 2.17.